The molecule has 16 heavy (non-hydrogen) atoms. The van der Waals surface area contributed by atoms with Gasteiger partial charge in [0.1, 0.15) is 5.60 Å². The number of nitrogens with two attached hydrogens (primary N) is 1. The lowest BCUT2D eigenvalue weighted by molar-refractivity contribution is 0.0166. The van der Waals surface area contributed by atoms with Crippen LogP contribution in [0.3, 0.4) is 0 Å². The van der Waals surface area contributed by atoms with Crippen molar-refractivity contribution in [2.24, 2.45) is 11.8 Å². The van der Waals surface area contributed by atoms with Gasteiger partial charge < -0.3 is 9.64 Å². The minimum absolute atomic E-state index is 0.214. The van der Waals surface area contributed by atoms with Gasteiger partial charge in [-0.25, -0.2) is 4.79 Å². The summed E-state index contributed by atoms with van der Waals surface area (Å²) in [7, 11) is 0. The van der Waals surface area contributed by atoms with Crippen molar-refractivity contribution in [3.05, 3.63) is 0 Å². The summed E-state index contributed by atoms with van der Waals surface area (Å²) >= 11 is 0. The fourth-order valence-corrected chi connectivity index (χ4v) is 1.89. The highest BCUT2D eigenvalue weighted by atomic mass is 16.6. The molecule has 0 aromatic rings. The molecular weight excluding hydrogens is 206 g/mol. The number of carbonyl (C=O) groups is 1. The second-order valence-corrected chi connectivity index (χ2v) is 5.34. The Balaban J connectivity index is 2.44. The summed E-state index contributed by atoms with van der Waals surface area (Å²) in [5.74, 6) is 5.73. The van der Waals surface area contributed by atoms with E-state index in [2.05, 4.69) is 5.43 Å². The van der Waals surface area contributed by atoms with Crippen LogP contribution >= 0.6 is 0 Å². The number of nitrogens with one attached hydrogen (secondary N) is 1. The minimum Gasteiger partial charge on any atom is -0.444 e. The van der Waals surface area contributed by atoms with Crippen LogP contribution in [0.4, 0.5) is 4.79 Å². The predicted octanol–water partition coefficient (Wildman–Crippen LogP) is 1.10. The van der Waals surface area contributed by atoms with E-state index in [9.17, 15) is 4.79 Å². The fourth-order valence-electron chi connectivity index (χ4n) is 1.89. The maximum atomic E-state index is 11.8. The lowest BCUT2D eigenvalue weighted by Crippen LogP contribution is -2.45. The largest absolute Gasteiger partial charge is 0.444 e. The molecule has 0 radical (unpaired) electrons. The second kappa shape index (κ2) is 5.50. The van der Waals surface area contributed by atoms with Gasteiger partial charge in [0, 0.05) is 19.6 Å². The number of nitrogens with zero attached hydrogens (tertiary/aromatic N) is 1. The smallest absolute Gasteiger partial charge is 0.410 e. The molecule has 1 atom stereocenters. The predicted molar refractivity (Wildman–Crippen MR) is 62.7 cm³/mol. The molecule has 1 amide bonds. The number of rotatable bonds is 2. The number of hydrazine groups is 1. The van der Waals surface area contributed by atoms with Gasteiger partial charge in [-0.15, -0.1) is 0 Å². The molecule has 1 aliphatic heterocycles. The normalized spacial score (nSPS) is 22.0. The number of likely N-dealkylation sites (tertiary alicyclic amines) is 1. The zero-order valence-electron chi connectivity index (χ0n) is 10.5. The lowest BCUT2D eigenvalue weighted by Gasteiger charge is -2.34. The molecule has 5 heteroatoms. The van der Waals surface area contributed by atoms with E-state index in [1.54, 1.807) is 4.90 Å². The number of ether oxygens (including phenoxy) is 1. The summed E-state index contributed by atoms with van der Waals surface area (Å²) in [4.78, 5) is 13.6. The van der Waals surface area contributed by atoms with E-state index >= 15 is 0 Å². The third kappa shape index (κ3) is 4.37. The van der Waals surface area contributed by atoms with Crippen LogP contribution in [0.1, 0.15) is 33.6 Å². The van der Waals surface area contributed by atoms with Crippen LogP contribution < -0.4 is 11.3 Å². The summed E-state index contributed by atoms with van der Waals surface area (Å²) in [6, 6.07) is 0. The molecule has 1 heterocycles. The molecule has 0 unspecified atom stereocenters. The number of piperidine rings is 1. The van der Waals surface area contributed by atoms with E-state index in [1.807, 2.05) is 20.8 Å². The molecule has 3 N–H and O–H groups in total. The van der Waals surface area contributed by atoms with Crippen LogP contribution in [0, 0.1) is 5.92 Å². The Morgan fingerprint density at radius 3 is 2.81 bits per heavy atom. The van der Waals surface area contributed by atoms with E-state index in [-0.39, 0.29) is 6.09 Å². The molecule has 0 aromatic heterocycles. The Morgan fingerprint density at radius 2 is 2.25 bits per heavy atom. The molecule has 0 spiro atoms. The van der Waals surface area contributed by atoms with Gasteiger partial charge in [0.25, 0.3) is 0 Å². The third-order valence-corrected chi connectivity index (χ3v) is 2.58. The van der Waals surface area contributed by atoms with Crippen LogP contribution in [0.5, 0.6) is 0 Å². The van der Waals surface area contributed by atoms with Crippen LogP contribution in [0.2, 0.25) is 0 Å². The van der Waals surface area contributed by atoms with Gasteiger partial charge in [0.2, 0.25) is 0 Å². The summed E-state index contributed by atoms with van der Waals surface area (Å²) in [6.45, 7) is 7.92. The van der Waals surface area contributed by atoms with Crippen molar-refractivity contribution in [1.82, 2.24) is 10.3 Å². The monoisotopic (exact) mass is 229 g/mol. The average Bonchev–Trinajstić information content (AvgIpc) is 2.16. The number of hydrogen-bond donors (Lipinski definition) is 2. The highest BCUT2D eigenvalue weighted by Crippen LogP contribution is 2.18. The lowest BCUT2D eigenvalue weighted by atomic mass is 9.99. The van der Waals surface area contributed by atoms with Gasteiger partial charge in [0.15, 0.2) is 0 Å². The molecule has 1 aliphatic rings. The van der Waals surface area contributed by atoms with E-state index in [0.29, 0.717) is 5.92 Å². The van der Waals surface area contributed by atoms with Crippen molar-refractivity contribution < 1.29 is 9.53 Å². The van der Waals surface area contributed by atoms with Gasteiger partial charge in [0.05, 0.1) is 0 Å². The van der Waals surface area contributed by atoms with Gasteiger partial charge in [-0.2, -0.15) is 0 Å². The fraction of sp³-hybridized carbons (Fsp3) is 0.909. The molecule has 0 aromatic carbocycles. The van der Waals surface area contributed by atoms with Gasteiger partial charge >= 0.3 is 6.09 Å². The van der Waals surface area contributed by atoms with Gasteiger partial charge in [-0.1, -0.05) is 0 Å². The molecule has 94 valence electrons. The number of carbonyl (C=O) groups excluding carboxylic acids is 1. The Kier molecular flexibility index (Phi) is 4.56. The molecule has 0 aliphatic carbocycles. The van der Waals surface area contributed by atoms with Gasteiger partial charge in [-0.3, -0.25) is 11.3 Å². The van der Waals surface area contributed by atoms with E-state index in [0.717, 1.165) is 32.5 Å². The first-order valence-electron chi connectivity index (χ1n) is 5.84. The Labute approximate surface area is 97.3 Å². The first-order chi connectivity index (χ1) is 7.42. The SMILES string of the molecule is CC(C)(C)OC(=O)N1CCC[C@H](CNN)C1. The molecule has 5 nitrogen and oxygen atoms in total. The molecule has 1 rings (SSSR count). The van der Waals surface area contributed by atoms with Crippen LogP contribution in [-0.4, -0.2) is 36.2 Å². The number of hydrogen-bond acceptors (Lipinski definition) is 4. The van der Waals surface area contributed by atoms with Gasteiger partial charge in [-0.05, 0) is 39.5 Å². The van der Waals surface area contributed by atoms with Crippen molar-refractivity contribution in [1.29, 1.82) is 0 Å². The highest BCUT2D eigenvalue weighted by molar-refractivity contribution is 5.68. The summed E-state index contributed by atoms with van der Waals surface area (Å²) in [6.07, 6.45) is 1.92. The second-order valence-electron chi connectivity index (χ2n) is 5.34. The molecule has 0 bridgehead atoms. The summed E-state index contributed by atoms with van der Waals surface area (Å²) in [5, 5.41) is 0. The van der Waals surface area contributed by atoms with Crippen LogP contribution in [0.25, 0.3) is 0 Å². The van der Waals surface area contributed by atoms with Crippen molar-refractivity contribution >= 4 is 6.09 Å². The molecule has 0 saturated carbocycles. The molecular formula is C11H23N3O2. The zero-order chi connectivity index (χ0) is 12.2. The Hall–Kier alpha value is -0.810. The number of amides is 1. The maximum absolute atomic E-state index is 11.8. The standard InChI is InChI=1S/C11H23N3O2/c1-11(2,3)16-10(15)14-6-4-5-9(8-14)7-13-12/h9,13H,4-8,12H2,1-3H3/t9-/m1/s1. The molecule has 1 fully saturated rings. The Morgan fingerprint density at radius 1 is 1.56 bits per heavy atom. The van der Waals surface area contributed by atoms with E-state index in [4.69, 9.17) is 10.6 Å². The Bertz CT molecular complexity index is 236. The maximum Gasteiger partial charge on any atom is 0.410 e. The van der Waals surface area contributed by atoms with Crippen molar-refractivity contribution in [3.8, 4) is 0 Å². The van der Waals surface area contributed by atoms with Crippen molar-refractivity contribution in [2.45, 2.75) is 39.2 Å². The zero-order valence-corrected chi connectivity index (χ0v) is 10.5. The molecule has 1 saturated heterocycles. The first kappa shape index (κ1) is 13.3. The average molecular weight is 229 g/mol. The van der Waals surface area contributed by atoms with Crippen LogP contribution in [0.15, 0.2) is 0 Å². The summed E-state index contributed by atoms with van der Waals surface area (Å²) < 4.78 is 5.34. The van der Waals surface area contributed by atoms with Crippen molar-refractivity contribution in [3.63, 3.8) is 0 Å². The van der Waals surface area contributed by atoms with E-state index in [1.165, 1.54) is 0 Å². The van der Waals surface area contributed by atoms with Crippen molar-refractivity contribution in [2.75, 3.05) is 19.6 Å². The quantitative estimate of drug-likeness (QED) is 0.549. The highest BCUT2D eigenvalue weighted by Gasteiger charge is 2.27. The third-order valence-electron chi connectivity index (χ3n) is 2.58. The van der Waals surface area contributed by atoms with E-state index < -0.39 is 5.60 Å². The van der Waals surface area contributed by atoms with Crippen LogP contribution in [-0.2, 0) is 4.74 Å². The topological polar surface area (TPSA) is 67.6 Å². The minimum atomic E-state index is -0.420. The summed E-state index contributed by atoms with van der Waals surface area (Å²) in [5.41, 5.74) is 2.25. The first-order valence-corrected chi connectivity index (χ1v) is 5.84.